The average molecular weight is 186 g/mol. The van der Waals surface area contributed by atoms with Crippen LogP contribution in [0.3, 0.4) is 0 Å². The van der Waals surface area contributed by atoms with Crippen LogP contribution in [0.2, 0.25) is 0 Å². The second-order valence-corrected chi connectivity index (χ2v) is 3.40. The molecule has 0 aromatic carbocycles. The van der Waals surface area contributed by atoms with E-state index in [1.807, 2.05) is 24.5 Å². The van der Waals surface area contributed by atoms with Gasteiger partial charge in [-0.15, -0.1) is 0 Å². The zero-order chi connectivity index (χ0) is 9.97. The Kier molecular flexibility index (Phi) is 2.35. The van der Waals surface area contributed by atoms with Crippen LogP contribution in [0.15, 0.2) is 30.7 Å². The molecule has 0 amide bonds. The third-order valence-electron chi connectivity index (χ3n) is 2.60. The van der Waals surface area contributed by atoms with Gasteiger partial charge in [-0.3, -0.25) is 4.98 Å². The van der Waals surface area contributed by atoms with Crippen LogP contribution in [-0.4, -0.2) is 9.97 Å². The fourth-order valence-corrected chi connectivity index (χ4v) is 1.72. The first-order valence-electron chi connectivity index (χ1n) is 4.90. The van der Waals surface area contributed by atoms with E-state index in [9.17, 15) is 0 Å². The van der Waals surface area contributed by atoms with E-state index in [4.69, 9.17) is 0 Å². The molecule has 0 bridgehead atoms. The quantitative estimate of drug-likeness (QED) is 0.767. The minimum absolute atomic E-state index is 1.08. The highest BCUT2D eigenvalue weighted by atomic mass is 14.7. The molecular weight excluding hydrogens is 172 g/mol. The normalized spacial score (nSPS) is 10.4. The standard InChI is InChI=1S/C12H14N2/c1-3-10-8-14-12(9(10)2)11-4-6-13-7-5-11/h4-8,14H,3H2,1-2H3. The van der Waals surface area contributed by atoms with Gasteiger partial charge in [0.15, 0.2) is 0 Å². The molecule has 2 nitrogen and oxygen atoms in total. The molecule has 0 radical (unpaired) electrons. The molecule has 0 unspecified atom stereocenters. The summed E-state index contributed by atoms with van der Waals surface area (Å²) in [5, 5.41) is 0. The number of rotatable bonds is 2. The summed E-state index contributed by atoms with van der Waals surface area (Å²) in [6.45, 7) is 4.33. The maximum atomic E-state index is 4.01. The Balaban J connectivity index is 2.48. The zero-order valence-electron chi connectivity index (χ0n) is 8.54. The fourth-order valence-electron chi connectivity index (χ4n) is 1.72. The molecule has 72 valence electrons. The van der Waals surface area contributed by atoms with Gasteiger partial charge in [-0.05, 0) is 36.6 Å². The van der Waals surface area contributed by atoms with Gasteiger partial charge in [0.2, 0.25) is 0 Å². The number of nitrogens with one attached hydrogen (secondary N) is 1. The monoisotopic (exact) mass is 186 g/mol. The molecule has 0 aliphatic rings. The van der Waals surface area contributed by atoms with Crippen molar-refractivity contribution in [2.75, 3.05) is 0 Å². The Bertz CT molecular complexity index is 415. The van der Waals surface area contributed by atoms with Gasteiger partial charge in [-0.1, -0.05) is 6.92 Å². The molecule has 2 rings (SSSR count). The van der Waals surface area contributed by atoms with Crippen molar-refractivity contribution in [3.05, 3.63) is 41.9 Å². The van der Waals surface area contributed by atoms with Crippen molar-refractivity contribution >= 4 is 0 Å². The minimum Gasteiger partial charge on any atom is -0.361 e. The molecule has 0 atom stereocenters. The molecule has 2 heterocycles. The Hall–Kier alpha value is -1.57. The first-order valence-corrected chi connectivity index (χ1v) is 4.90. The lowest BCUT2D eigenvalue weighted by Crippen LogP contribution is -1.83. The van der Waals surface area contributed by atoms with Crippen molar-refractivity contribution in [3.8, 4) is 11.3 Å². The van der Waals surface area contributed by atoms with Crippen molar-refractivity contribution in [2.24, 2.45) is 0 Å². The van der Waals surface area contributed by atoms with Crippen LogP contribution in [-0.2, 0) is 6.42 Å². The van der Waals surface area contributed by atoms with Gasteiger partial charge in [0.05, 0.1) is 0 Å². The smallest absolute Gasteiger partial charge is 0.0487 e. The molecule has 1 N–H and O–H groups in total. The predicted octanol–water partition coefficient (Wildman–Crippen LogP) is 2.95. The van der Waals surface area contributed by atoms with Gasteiger partial charge in [-0.2, -0.15) is 0 Å². The topological polar surface area (TPSA) is 28.7 Å². The minimum atomic E-state index is 1.08. The summed E-state index contributed by atoms with van der Waals surface area (Å²) in [5.41, 5.74) is 5.15. The number of aryl methyl sites for hydroxylation is 1. The third-order valence-corrected chi connectivity index (χ3v) is 2.60. The molecule has 0 saturated heterocycles. The van der Waals surface area contributed by atoms with E-state index >= 15 is 0 Å². The van der Waals surface area contributed by atoms with Gasteiger partial charge in [0.1, 0.15) is 0 Å². The van der Waals surface area contributed by atoms with E-state index in [1.54, 1.807) is 0 Å². The summed E-state index contributed by atoms with van der Waals surface area (Å²) in [6, 6.07) is 4.05. The van der Waals surface area contributed by atoms with Crippen LogP contribution < -0.4 is 0 Å². The first kappa shape index (κ1) is 9.00. The van der Waals surface area contributed by atoms with Crippen molar-refractivity contribution < 1.29 is 0 Å². The predicted molar refractivity (Wildman–Crippen MR) is 58.1 cm³/mol. The van der Waals surface area contributed by atoms with E-state index in [2.05, 4.69) is 30.0 Å². The first-order chi connectivity index (χ1) is 6.83. The highest BCUT2D eigenvalue weighted by Crippen LogP contribution is 2.23. The highest BCUT2D eigenvalue weighted by molar-refractivity contribution is 5.64. The summed E-state index contributed by atoms with van der Waals surface area (Å²) in [6.07, 6.45) is 6.81. The van der Waals surface area contributed by atoms with Crippen LogP contribution in [0.25, 0.3) is 11.3 Å². The molecule has 0 spiro atoms. The van der Waals surface area contributed by atoms with Gasteiger partial charge in [0.25, 0.3) is 0 Å². The average Bonchev–Trinajstić information content (AvgIpc) is 2.61. The van der Waals surface area contributed by atoms with E-state index < -0.39 is 0 Å². The molecule has 2 aromatic heterocycles. The Morgan fingerprint density at radius 2 is 2.00 bits per heavy atom. The summed E-state index contributed by atoms with van der Waals surface area (Å²) in [7, 11) is 0. The summed E-state index contributed by atoms with van der Waals surface area (Å²) in [4.78, 5) is 7.33. The van der Waals surface area contributed by atoms with Gasteiger partial charge in [-0.25, -0.2) is 0 Å². The van der Waals surface area contributed by atoms with Gasteiger partial charge in [0, 0.05) is 29.8 Å². The number of aromatic nitrogens is 2. The van der Waals surface area contributed by atoms with Crippen LogP contribution in [0.4, 0.5) is 0 Å². The lowest BCUT2D eigenvalue weighted by Gasteiger charge is -2.00. The highest BCUT2D eigenvalue weighted by Gasteiger charge is 2.06. The maximum Gasteiger partial charge on any atom is 0.0487 e. The molecule has 0 aliphatic heterocycles. The fraction of sp³-hybridized carbons (Fsp3) is 0.250. The Labute approximate surface area is 84.0 Å². The van der Waals surface area contributed by atoms with Gasteiger partial charge < -0.3 is 4.98 Å². The summed E-state index contributed by atoms with van der Waals surface area (Å²) in [5.74, 6) is 0. The Morgan fingerprint density at radius 1 is 1.29 bits per heavy atom. The second-order valence-electron chi connectivity index (χ2n) is 3.40. The number of H-pyrrole nitrogens is 1. The number of nitrogens with zero attached hydrogens (tertiary/aromatic N) is 1. The molecular formula is C12H14N2. The molecule has 0 fully saturated rings. The Morgan fingerprint density at radius 3 is 2.57 bits per heavy atom. The molecule has 2 aromatic rings. The zero-order valence-corrected chi connectivity index (χ0v) is 8.54. The van der Waals surface area contributed by atoms with E-state index in [-0.39, 0.29) is 0 Å². The van der Waals surface area contributed by atoms with E-state index in [0.717, 1.165) is 6.42 Å². The van der Waals surface area contributed by atoms with E-state index in [1.165, 1.54) is 22.4 Å². The lowest BCUT2D eigenvalue weighted by molar-refractivity contribution is 1.12. The maximum absolute atomic E-state index is 4.01. The summed E-state index contributed by atoms with van der Waals surface area (Å²) >= 11 is 0. The van der Waals surface area contributed by atoms with Crippen molar-refractivity contribution in [1.29, 1.82) is 0 Å². The second kappa shape index (κ2) is 3.66. The molecule has 0 saturated carbocycles. The van der Waals surface area contributed by atoms with E-state index in [0.29, 0.717) is 0 Å². The number of hydrogen-bond donors (Lipinski definition) is 1. The third kappa shape index (κ3) is 1.43. The molecule has 2 heteroatoms. The summed E-state index contributed by atoms with van der Waals surface area (Å²) < 4.78 is 0. The van der Waals surface area contributed by atoms with Crippen molar-refractivity contribution in [2.45, 2.75) is 20.3 Å². The SMILES string of the molecule is CCc1c[nH]c(-c2ccncc2)c1C. The van der Waals surface area contributed by atoms with Crippen molar-refractivity contribution in [3.63, 3.8) is 0 Å². The van der Waals surface area contributed by atoms with Gasteiger partial charge >= 0.3 is 0 Å². The number of pyridine rings is 1. The van der Waals surface area contributed by atoms with Crippen molar-refractivity contribution in [1.82, 2.24) is 9.97 Å². The van der Waals surface area contributed by atoms with Crippen LogP contribution in [0.1, 0.15) is 18.1 Å². The van der Waals surface area contributed by atoms with Crippen LogP contribution in [0, 0.1) is 6.92 Å². The molecule has 0 aliphatic carbocycles. The van der Waals surface area contributed by atoms with Crippen LogP contribution in [0.5, 0.6) is 0 Å². The number of aromatic amines is 1. The largest absolute Gasteiger partial charge is 0.361 e. The van der Waals surface area contributed by atoms with Crippen LogP contribution >= 0.6 is 0 Å². The number of hydrogen-bond acceptors (Lipinski definition) is 1. The lowest BCUT2D eigenvalue weighted by atomic mass is 10.1. The molecule has 14 heavy (non-hydrogen) atoms.